The summed E-state index contributed by atoms with van der Waals surface area (Å²) in [6.45, 7) is 0. The van der Waals surface area contributed by atoms with Crippen molar-refractivity contribution in [1.29, 1.82) is 0 Å². The molecule has 1 fully saturated rings. The number of hydrogen-bond donors (Lipinski definition) is 2. The molecule has 7 heteroatoms. The number of aliphatic hydroxyl groups excluding tert-OH is 2. The van der Waals surface area contributed by atoms with Crippen molar-refractivity contribution in [3.05, 3.63) is 12.2 Å². The lowest BCUT2D eigenvalue weighted by Gasteiger charge is -2.29. The van der Waals surface area contributed by atoms with Crippen LogP contribution in [-0.2, 0) is 0 Å². The minimum Gasteiger partial charge on any atom is -0.387 e. The summed E-state index contributed by atoms with van der Waals surface area (Å²) in [4.78, 5) is 0. The molecular weight excluding hydrogens is 283 g/mol. The molecule has 2 bridgehead atoms. The maximum atomic E-state index is 13.3. The molecule has 0 aliphatic heterocycles. The molecule has 5 unspecified atom stereocenters. The molecule has 0 heterocycles. The van der Waals surface area contributed by atoms with Crippen LogP contribution in [0.3, 0.4) is 0 Å². The van der Waals surface area contributed by atoms with Crippen LogP contribution in [0.25, 0.3) is 0 Å². The number of aliphatic hydroxyl groups is 2. The Morgan fingerprint density at radius 3 is 2.15 bits per heavy atom. The molecule has 2 aliphatic carbocycles. The van der Waals surface area contributed by atoms with E-state index >= 15 is 0 Å². The predicted octanol–water partition coefficient (Wildman–Crippen LogP) is 2.90. The van der Waals surface area contributed by atoms with Gasteiger partial charge in [0.1, 0.15) is 6.10 Å². The molecule has 2 rings (SSSR count). The fourth-order valence-electron chi connectivity index (χ4n) is 3.19. The van der Waals surface area contributed by atoms with E-state index in [-0.39, 0.29) is 18.3 Å². The van der Waals surface area contributed by atoms with Gasteiger partial charge in [0.15, 0.2) is 0 Å². The number of fused-ring (bicyclic) bond motifs is 2. The summed E-state index contributed by atoms with van der Waals surface area (Å²) < 4.78 is 63.0. The van der Waals surface area contributed by atoms with Crippen LogP contribution in [0.2, 0.25) is 0 Å². The van der Waals surface area contributed by atoms with Crippen molar-refractivity contribution in [3.8, 4) is 0 Å². The Labute approximate surface area is 113 Å². The second-order valence-electron chi connectivity index (χ2n) is 5.75. The van der Waals surface area contributed by atoms with Gasteiger partial charge in [-0.25, -0.2) is 8.78 Å². The van der Waals surface area contributed by atoms with E-state index in [1.54, 1.807) is 0 Å². The van der Waals surface area contributed by atoms with Crippen LogP contribution in [0.5, 0.6) is 0 Å². The van der Waals surface area contributed by atoms with Gasteiger partial charge >= 0.3 is 12.1 Å². The molecule has 0 aromatic carbocycles. The Bertz CT molecular complexity index is 379. The van der Waals surface area contributed by atoms with Crippen molar-refractivity contribution < 1.29 is 32.2 Å². The summed E-state index contributed by atoms with van der Waals surface area (Å²) in [5, 5.41) is 17.9. The zero-order chi connectivity index (χ0) is 15.1. The van der Waals surface area contributed by atoms with E-state index in [0.29, 0.717) is 5.92 Å². The van der Waals surface area contributed by atoms with Crippen LogP contribution in [0.1, 0.15) is 25.7 Å². The van der Waals surface area contributed by atoms with E-state index in [2.05, 4.69) is 6.08 Å². The Balaban J connectivity index is 1.87. The van der Waals surface area contributed by atoms with Crippen LogP contribution in [0, 0.1) is 17.8 Å². The minimum atomic E-state index is -5.44. The van der Waals surface area contributed by atoms with E-state index < -0.39 is 30.7 Å². The van der Waals surface area contributed by atoms with Gasteiger partial charge in [0.25, 0.3) is 0 Å². The van der Waals surface area contributed by atoms with Gasteiger partial charge in [-0.3, -0.25) is 0 Å². The lowest BCUT2D eigenvalue weighted by molar-refractivity contribution is -0.291. The van der Waals surface area contributed by atoms with Crippen molar-refractivity contribution in [3.63, 3.8) is 0 Å². The van der Waals surface area contributed by atoms with E-state index in [1.165, 1.54) is 0 Å². The van der Waals surface area contributed by atoms with Gasteiger partial charge in [-0.2, -0.15) is 13.2 Å². The summed E-state index contributed by atoms with van der Waals surface area (Å²) >= 11 is 0. The second-order valence-corrected chi connectivity index (χ2v) is 5.75. The average molecular weight is 300 g/mol. The largest absolute Gasteiger partial charge is 0.420 e. The predicted molar refractivity (Wildman–Crippen MR) is 61.1 cm³/mol. The fourth-order valence-corrected chi connectivity index (χ4v) is 3.19. The summed E-state index contributed by atoms with van der Waals surface area (Å²) in [6.07, 6.45) is -6.09. The summed E-state index contributed by atoms with van der Waals surface area (Å²) in [5.74, 6) is -3.72. The lowest BCUT2D eigenvalue weighted by Crippen LogP contribution is -2.52. The number of alkyl halides is 5. The van der Waals surface area contributed by atoms with Crippen LogP contribution in [0.4, 0.5) is 22.0 Å². The maximum absolute atomic E-state index is 13.3. The van der Waals surface area contributed by atoms with Gasteiger partial charge in [-0.1, -0.05) is 12.2 Å². The Kier molecular flexibility index (Phi) is 4.12. The molecule has 20 heavy (non-hydrogen) atoms. The molecule has 0 aromatic rings. The standard InChI is InChI=1S/C13H17F5O2/c14-12(15,11(20)13(16,17)18)10(19)4-3-9-6-7-1-2-8(9)5-7/h1-2,7-11,19-20H,3-6H2. The summed E-state index contributed by atoms with van der Waals surface area (Å²) in [7, 11) is 0. The molecule has 2 aliphatic rings. The molecule has 2 nitrogen and oxygen atoms in total. The highest BCUT2D eigenvalue weighted by molar-refractivity contribution is 5.10. The highest BCUT2D eigenvalue weighted by Gasteiger charge is 2.58. The fraction of sp³-hybridized carbons (Fsp3) is 0.846. The summed E-state index contributed by atoms with van der Waals surface area (Å²) in [6, 6.07) is 0. The molecule has 116 valence electrons. The van der Waals surface area contributed by atoms with E-state index in [9.17, 15) is 27.1 Å². The second kappa shape index (κ2) is 5.26. The van der Waals surface area contributed by atoms with Crippen molar-refractivity contribution in [2.24, 2.45) is 17.8 Å². The van der Waals surface area contributed by atoms with Crippen LogP contribution in [0.15, 0.2) is 12.2 Å². The topological polar surface area (TPSA) is 40.5 Å². The van der Waals surface area contributed by atoms with E-state index in [0.717, 1.165) is 12.8 Å². The molecule has 0 saturated heterocycles. The van der Waals surface area contributed by atoms with Crippen LogP contribution < -0.4 is 0 Å². The monoisotopic (exact) mass is 300 g/mol. The first-order valence-corrected chi connectivity index (χ1v) is 6.61. The first-order valence-electron chi connectivity index (χ1n) is 6.61. The summed E-state index contributed by atoms with van der Waals surface area (Å²) in [5.41, 5.74) is 0. The number of rotatable bonds is 5. The minimum absolute atomic E-state index is 0.137. The SMILES string of the molecule is OC(CCC1CC2C=CC1C2)C(F)(F)C(O)C(F)(F)F. The third-order valence-corrected chi connectivity index (χ3v) is 4.35. The first-order chi connectivity index (χ1) is 9.12. The number of allylic oxidation sites excluding steroid dienone is 2. The Morgan fingerprint density at radius 1 is 1.05 bits per heavy atom. The first kappa shape index (κ1) is 15.7. The zero-order valence-corrected chi connectivity index (χ0v) is 10.7. The van der Waals surface area contributed by atoms with E-state index in [4.69, 9.17) is 5.11 Å². The molecule has 5 atom stereocenters. The van der Waals surface area contributed by atoms with E-state index in [1.807, 2.05) is 6.08 Å². The molecule has 0 spiro atoms. The normalized spacial score (nSPS) is 32.6. The van der Waals surface area contributed by atoms with Gasteiger partial charge in [0, 0.05) is 0 Å². The van der Waals surface area contributed by atoms with Crippen molar-refractivity contribution in [1.82, 2.24) is 0 Å². The van der Waals surface area contributed by atoms with Crippen molar-refractivity contribution in [2.75, 3.05) is 0 Å². The van der Waals surface area contributed by atoms with Gasteiger partial charge in [0.2, 0.25) is 6.10 Å². The molecule has 1 saturated carbocycles. The molecular formula is C13H17F5O2. The Hall–Kier alpha value is -0.690. The average Bonchev–Trinajstić information content (AvgIpc) is 2.95. The van der Waals surface area contributed by atoms with Gasteiger partial charge in [-0.05, 0) is 43.4 Å². The van der Waals surface area contributed by atoms with Gasteiger partial charge in [0.05, 0.1) is 0 Å². The van der Waals surface area contributed by atoms with Crippen molar-refractivity contribution >= 4 is 0 Å². The highest BCUT2D eigenvalue weighted by Crippen LogP contribution is 2.46. The molecule has 0 radical (unpaired) electrons. The quantitative estimate of drug-likeness (QED) is 0.605. The van der Waals surface area contributed by atoms with Gasteiger partial charge < -0.3 is 10.2 Å². The third kappa shape index (κ3) is 2.98. The number of halogens is 5. The van der Waals surface area contributed by atoms with Gasteiger partial charge in [-0.15, -0.1) is 0 Å². The van der Waals surface area contributed by atoms with Crippen molar-refractivity contribution in [2.45, 2.75) is 50.0 Å². The van der Waals surface area contributed by atoms with Crippen LogP contribution in [-0.4, -0.2) is 34.5 Å². The highest BCUT2D eigenvalue weighted by atomic mass is 19.4. The third-order valence-electron chi connectivity index (χ3n) is 4.35. The molecule has 0 amide bonds. The lowest BCUT2D eigenvalue weighted by atomic mass is 9.87. The maximum Gasteiger partial charge on any atom is 0.420 e. The zero-order valence-electron chi connectivity index (χ0n) is 10.7. The smallest absolute Gasteiger partial charge is 0.387 e. The number of hydrogen-bond acceptors (Lipinski definition) is 2. The van der Waals surface area contributed by atoms with Crippen LogP contribution >= 0.6 is 0 Å². The Morgan fingerprint density at radius 2 is 1.70 bits per heavy atom. The molecule has 0 aromatic heterocycles. The molecule has 2 N–H and O–H groups in total.